The van der Waals surface area contributed by atoms with Crippen LogP contribution in [0.4, 0.5) is 13.2 Å². The van der Waals surface area contributed by atoms with E-state index in [2.05, 4.69) is 15.0 Å². The molecule has 112 valence electrons. The number of oxazole rings is 1. The zero-order valence-electron chi connectivity index (χ0n) is 12.1. The molecule has 0 aliphatic carbocycles. The van der Waals surface area contributed by atoms with Gasteiger partial charge in [0.1, 0.15) is 17.3 Å². The molecule has 0 atom stereocenters. The predicted octanol–water partition coefficient (Wildman–Crippen LogP) is 4.12. The van der Waals surface area contributed by atoms with Gasteiger partial charge in [-0.2, -0.15) is 13.2 Å². The highest BCUT2D eigenvalue weighted by atomic mass is 19.4. The zero-order chi connectivity index (χ0) is 15.8. The summed E-state index contributed by atoms with van der Waals surface area (Å²) in [7, 11) is 0. The number of nitrogens with zero attached hydrogens (tertiary/aromatic N) is 3. The molecule has 2 heterocycles. The average molecular weight is 289 g/mol. The monoisotopic (exact) mass is 289 g/mol. The Morgan fingerprint density at radius 2 is 1.65 bits per heavy atom. The minimum absolute atomic E-state index is 0.125. The molecular formula is C13H18F3N3O. The van der Waals surface area contributed by atoms with Crippen LogP contribution in [0.5, 0.6) is 0 Å². The van der Waals surface area contributed by atoms with Crippen molar-refractivity contribution in [1.82, 2.24) is 15.0 Å². The van der Waals surface area contributed by atoms with Crippen molar-refractivity contribution in [2.45, 2.75) is 40.8 Å². The Bertz CT molecular complexity index is 493. The lowest BCUT2D eigenvalue weighted by atomic mass is 10.4. The van der Waals surface area contributed by atoms with Crippen LogP contribution in [-0.2, 0) is 6.18 Å². The van der Waals surface area contributed by atoms with Gasteiger partial charge in [-0.25, -0.2) is 15.0 Å². The van der Waals surface area contributed by atoms with Crippen LogP contribution in [0.15, 0.2) is 22.9 Å². The highest BCUT2D eigenvalue weighted by Gasteiger charge is 2.32. The van der Waals surface area contributed by atoms with Crippen LogP contribution >= 0.6 is 0 Å². The molecule has 2 rings (SSSR count). The quantitative estimate of drug-likeness (QED) is 0.732. The van der Waals surface area contributed by atoms with Gasteiger partial charge in [0.15, 0.2) is 5.89 Å². The third kappa shape index (κ3) is 6.86. The van der Waals surface area contributed by atoms with Gasteiger partial charge in [0.05, 0.1) is 6.20 Å². The van der Waals surface area contributed by atoms with E-state index < -0.39 is 11.9 Å². The summed E-state index contributed by atoms with van der Waals surface area (Å²) in [5.74, 6) is 1.73. The van der Waals surface area contributed by atoms with E-state index in [1.54, 1.807) is 6.20 Å². The molecule has 0 spiro atoms. The second-order valence-corrected chi connectivity index (χ2v) is 3.48. The molecule has 0 radical (unpaired) electrons. The summed E-state index contributed by atoms with van der Waals surface area (Å²) in [6.07, 6.45) is -1.58. The average Bonchev–Trinajstić information content (AvgIpc) is 2.75. The summed E-state index contributed by atoms with van der Waals surface area (Å²) in [4.78, 5) is 10.6. The molecule has 0 unspecified atom stereocenters. The van der Waals surface area contributed by atoms with Gasteiger partial charge in [-0.3, -0.25) is 0 Å². The van der Waals surface area contributed by atoms with E-state index in [1.807, 2.05) is 27.7 Å². The van der Waals surface area contributed by atoms with Crippen LogP contribution in [-0.4, -0.2) is 15.0 Å². The molecule has 0 saturated heterocycles. The minimum Gasteiger partial charge on any atom is -0.446 e. The second kappa shape index (κ2) is 8.29. The fourth-order valence-electron chi connectivity index (χ4n) is 1.08. The fraction of sp³-hybridized carbons (Fsp3) is 0.462. The smallest absolute Gasteiger partial charge is 0.433 e. The number of hydrogen-bond acceptors (Lipinski definition) is 4. The van der Waals surface area contributed by atoms with E-state index in [-0.39, 0.29) is 5.82 Å². The Hall–Kier alpha value is -1.92. The molecule has 0 saturated carbocycles. The maximum absolute atomic E-state index is 11.9. The van der Waals surface area contributed by atoms with Crippen LogP contribution in [0.3, 0.4) is 0 Å². The van der Waals surface area contributed by atoms with Gasteiger partial charge in [-0.05, 0) is 19.9 Å². The van der Waals surface area contributed by atoms with Crippen molar-refractivity contribution in [2.24, 2.45) is 0 Å². The van der Waals surface area contributed by atoms with Crippen molar-refractivity contribution < 1.29 is 17.6 Å². The summed E-state index contributed by atoms with van der Waals surface area (Å²) in [5, 5.41) is 0. The topological polar surface area (TPSA) is 51.8 Å². The first-order chi connectivity index (χ1) is 9.29. The van der Waals surface area contributed by atoms with Gasteiger partial charge >= 0.3 is 6.18 Å². The predicted molar refractivity (Wildman–Crippen MR) is 69.1 cm³/mol. The van der Waals surface area contributed by atoms with Crippen LogP contribution in [0.2, 0.25) is 0 Å². The van der Waals surface area contributed by atoms with E-state index >= 15 is 0 Å². The highest BCUT2D eigenvalue weighted by molar-refractivity contribution is 5.05. The summed E-state index contributed by atoms with van der Waals surface area (Å²) in [5.41, 5.74) is -0.898. The Morgan fingerprint density at radius 3 is 1.90 bits per heavy atom. The standard InChI is InChI=1S/C6H5F3N2.C5H7NO.C2H6/c1-4-10-3-2-5(11-4)6(7,8)9;1-4-3-6-5(2)7-4;1-2/h2-3H,1H3;3H,1-2H3;1-2H3. The third-order valence-corrected chi connectivity index (χ3v) is 1.80. The number of alkyl halides is 3. The number of aromatic nitrogens is 3. The zero-order valence-corrected chi connectivity index (χ0v) is 12.1. The molecule has 0 aliphatic heterocycles. The molecule has 0 N–H and O–H groups in total. The first-order valence-corrected chi connectivity index (χ1v) is 6.05. The lowest BCUT2D eigenvalue weighted by Gasteiger charge is -2.04. The highest BCUT2D eigenvalue weighted by Crippen LogP contribution is 2.26. The second-order valence-electron chi connectivity index (χ2n) is 3.48. The molecule has 0 fully saturated rings. The number of hydrogen-bond donors (Lipinski definition) is 0. The number of aryl methyl sites for hydroxylation is 3. The van der Waals surface area contributed by atoms with Crippen molar-refractivity contribution in [3.63, 3.8) is 0 Å². The van der Waals surface area contributed by atoms with Gasteiger partial charge in [-0.1, -0.05) is 13.8 Å². The van der Waals surface area contributed by atoms with Crippen LogP contribution in [0.25, 0.3) is 0 Å². The number of rotatable bonds is 0. The number of halogens is 3. The van der Waals surface area contributed by atoms with Crippen molar-refractivity contribution in [3.05, 3.63) is 41.6 Å². The Balaban J connectivity index is 0.000000345. The molecule has 7 heteroatoms. The maximum atomic E-state index is 11.9. The molecule has 4 nitrogen and oxygen atoms in total. The SMILES string of the molecule is CC.Cc1cnc(C)o1.Cc1nccc(C(F)(F)F)n1. The van der Waals surface area contributed by atoms with E-state index in [0.29, 0.717) is 0 Å². The van der Waals surface area contributed by atoms with E-state index in [9.17, 15) is 13.2 Å². The van der Waals surface area contributed by atoms with Gasteiger partial charge in [0.2, 0.25) is 0 Å². The van der Waals surface area contributed by atoms with Crippen molar-refractivity contribution in [3.8, 4) is 0 Å². The fourth-order valence-corrected chi connectivity index (χ4v) is 1.08. The normalized spacial score (nSPS) is 10.0. The third-order valence-electron chi connectivity index (χ3n) is 1.80. The summed E-state index contributed by atoms with van der Waals surface area (Å²) in [6.45, 7) is 9.11. The van der Waals surface area contributed by atoms with Crippen molar-refractivity contribution in [2.75, 3.05) is 0 Å². The molecule has 2 aromatic heterocycles. The van der Waals surface area contributed by atoms with Crippen LogP contribution in [0, 0.1) is 20.8 Å². The first kappa shape index (κ1) is 18.1. The molecular weight excluding hydrogens is 271 g/mol. The molecule has 0 aromatic carbocycles. The summed E-state index contributed by atoms with van der Waals surface area (Å²) >= 11 is 0. The van der Waals surface area contributed by atoms with Gasteiger partial charge < -0.3 is 4.42 Å². The van der Waals surface area contributed by atoms with E-state index in [0.717, 1.165) is 23.9 Å². The van der Waals surface area contributed by atoms with Crippen molar-refractivity contribution in [1.29, 1.82) is 0 Å². The van der Waals surface area contributed by atoms with Crippen LogP contribution in [0.1, 0.15) is 37.0 Å². The molecule has 2 aromatic rings. The minimum atomic E-state index is -4.37. The first-order valence-electron chi connectivity index (χ1n) is 6.05. The molecule has 0 bridgehead atoms. The lowest BCUT2D eigenvalue weighted by molar-refractivity contribution is -0.141. The Kier molecular flexibility index (Phi) is 7.49. The van der Waals surface area contributed by atoms with Crippen LogP contribution < -0.4 is 0 Å². The summed E-state index contributed by atoms with van der Waals surface area (Å²) in [6, 6.07) is 0.840. The van der Waals surface area contributed by atoms with Gasteiger partial charge in [-0.15, -0.1) is 0 Å². The lowest BCUT2D eigenvalue weighted by Crippen LogP contribution is -2.08. The Morgan fingerprint density at radius 1 is 1.05 bits per heavy atom. The van der Waals surface area contributed by atoms with E-state index in [4.69, 9.17) is 4.42 Å². The van der Waals surface area contributed by atoms with E-state index in [1.165, 1.54) is 6.92 Å². The Labute approximate surface area is 116 Å². The maximum Gasteiger partial charge on any atom is 0.433 e. The molecule has 0 aliphatic rings. The molecule has 0 amide bonds. The summed E-state index contributed by atoms with van der Waals surface area (Å²) < 4.78 is 40.6. The van der Waals surface area contributed by atoms with Gasteiger partial charge in [0, 0.05) is 13.1 Å². The largest absolute Gasteiger partial charge is 0.446 e. The molecule has 20 heavy (non-hydrogen) atoms. The van der Waals surface area contributed by atoms with Crippen molar-refractivity contribution >= 4 is 0 Å². The van der Waals surface area contributed by atoms with Gasteiger partial charge in [0.25, 0.3) is 0 Å².